The summed E-state index contributed by atoms with van der Waals surface area (Å²) in [6.45, 7) is 5.71. The van der Waals surface area contributed by atoms with Crippen molar-refractivity contribution < 1.29 is 9.47 Å². The number of ether oxygens (including phenoxy) is 2. The Morgan fingerprint density at radius 1 is 0.500 bits per heavy atom. The monoisotopic (exact) mass is 448 g/mol. The predicted octanol–water partition coefficient (Wildman–Crippen LogP) is 3.10. The van der Waals surface area contributed by atoms with Gasteiger partial charge in [-0.3, -0.25) is 19.2 Å². The molecule has 0 aliphatic rings. The minimum absolute atomic E-state index is 0.187. The first-order valence-electron chi connectivity index (χ1n) is 11.9. The van der Waals surface area contributed by atoms with E-state index in [4.69, 9.17) is 9.47 Å². The van der Waals surface area contributed by atoms with Crippen LogP contribution in [0.2, 0.25) is 0 Å². The molecule has 2 aromatic carbocycles. The van der Waals surface area contributed by atoms with E-state index in [1.165, 1.54) is 38.5 Å². The van der Waals surface area contributed by atoms with E-state index in [0.29, 0.717) is 37.7 Å². The summed E-state index contributed by atoms with van der Waals surface area (Å²) in [5.41, 5.74) is -1.31. The average Bonchev–Trinajstić information content (AvgIpc) is 2.81. The Bertz CT molecular complexity index is 888. The van der Waals surface area contributed by atoms with Crippen molar-refractivity contribution >= 4 is 11.4 Å². The van der Waals surface area contributed by atoms with Gasteiger partial charge in [-0.15, -0.1) is 0 Å². The van der Waals surface area contributed by atoms with E-state index < -0.39 is 21.7 Å². The Balaban J connectivity index is 1.39. The molecule has 8 nitrogen and oxygen atoms in total. The molecular formula is C24H36N2O6. The highest BCUT2D eigenvalue weighted by Gasteiger charge is 2.22. The van der Waals surface area contributed by atoms with Crippen LogP contribution in [0.15, 0.2) is 19.2 Å². The highest BCUT2D eigenvalue weighted by Crippen LogP contribution is 2.18. The number of hydrogen-bond donors (Lipinski definition) is 2. The smallest absolute Gasteiger partial charge is 0.272 e. The zero-order valence-electron chi connectivity index (χ0n) is 19.3. The Morgan fingerprint density at radius 3 is 1.12 bits per heavy atom. The van der Waals surface area contributed by atoms with Crippen LogP contribution >= 0.6 is 0 Å². The molecule has 0 heterocycles. The molecule has 2 N–H and O–H groups in total. The Hall–Kier alpha value is -2.64. The van der Waals surface area contributed by atoms with Crippen molar-refractivity contribution in [2.24, 2.45) is 0 Å². The van der Waals surface area contributed by atoms with Gasteiger partial charge in [0.2, 0.25) is 0 Å². The summed E-state index contributed by atoms with van der Waals surface area (Å²) >= 11 is 0. The van der Waals surface area contributed by atoms with Crippen LogP contribution < -0.4 is 41.8 Å². The van der Waals surface area contributed by atoms with E-state index >= 15 is 0 Å². The molecule has 0 saturated heterocycles. The topological polar surface area (TPSA) is 111 Å². The maximum atomic E-state index is 11.5. The number of anilines is 2. The predicted molar refractivity (Wildman–Crippen MR) is 128 cm³/mol. The fourth-order valence-electron chi connectivity index (χ4n) is 3.72. The van der Waals surface area contributed by atoms with E-state index in [9.17, 15) is 19.2 Å². The van der Waals surface area contributed by atoms with Gasteiger partial charge in [0, 0.05) is 13.1 Å². The zero-order chi connectivity index (χ0) is 23.3. The summed E-state index contributed by atoms with van der Waals surface area (Å²) in [5.74, 6) is 0.375. The van der Waals surface area contributed by atoms with Gasteiger partial charge < -0.3 is 20.1 Å². The van der Waals surface area contributed by atoms with Crippen molar-refractivity contribution in [2.45, 2.75) is 78.1 Å². The molecule has 0 atom stereocenters. The summed E-state index contributed by atoms with van der Waals surface area (Å²) < 4.78 is 10.4. The maximum Gasteiger partial charge on any atom is 0.272 e. The lowest BCUT2D eigenvalue weighted by atomic mass is 10.1. The standard InChI is InChI=1S/C24H36N2O6/c1-3-31-23-17(19(27)21(23)29)25-15-13-11-9-7-5-6-8-10-12-14-16-26-18-20(28)22(30)24(18)32-4-2/h25-26H,3-16H2,1-2H3. The highest BCUT2D eigenvalue weighted by molar-refractivity contribution is 5.62. The quantitative estimate of drug-likeness (QED) is 0.249. The molecule has 0 fully saturated rings. The third-order valence-electron chi connectivity index (χ3n) is 5.52. The van der Waals surface area contributed by atoms with E-state index in [1.807, 2.05) is 0 Å². The van der Waals surface area contributed by atoms with E-state index in [0.717, 1.165) is 25.7 Å². The molecule has 32 heavy (non-hydrogen) atoms. The number of nitrogens with one attached hydrogen (secondary N) is 2. The first-order valence-corrected chi connectivity index (χ1v) is 11.9. The van der Waals surface area contributed by atoms with Crippen molar-refractivity contribution in [1.82, 2.24) is 0 Å². The largest absolute Gasteiger partial charge is 0.488 e. The average molecular weight is 449 g/mol. The van der Waals surface area contributed by atoms with Crippen molar-refractivity contribution in [2.75, 3.05) is 36.9 Å². The van der Waals surface area contributed by atoms with E-state index in [-0.39, 0.29) is 11.5 Å². The third-order valence-corrected chi connectivity index (χ3v) is 5.52. The van der Waals surface area contributed by atoms with Crippen LogP contribution in [0.25, 0.3) is 0 Å². The molecule has 2 rings (SSSR count). The first kappa shape index (κ1) is 25.6. The molecular weight excluding hydrogens is 412 g/mol. The van der Waals surface area contributed by atoms with Gasteiger partial charge in [0.15, 0.2) is 11.5 Å². The Labute approximate surface area is 188 Å². The van der Waals surface area contributed by atoms with Gasteiger partial charge in [-0.05, 0) is 26.7 Å². The summed E-state index contributed by atoms with van der Waals surface area (Å²) in [4.78, 5) is 45.8. The van der Waals surface area contributed by atoms with Gasteiger partial charge >= 0.3 is 0 Å². The maximum absolute atomic E-state index is 11.5. The van der Waals surface area contributed by atoms with Crippen molar-refractivity contribution in [3.8, 4) is 11.5 Å². The van der Waals surface area contributed by atoms with Gasteiger partial charge in [0.25, 0.3) is 21.7 Å². The Kier molecular flexibility index (Phi) is 11.0. The lowest BCUT2D eigenvalue weighted by molar-refractivity contribution is 0.334. The normalized spacial score (nSPS) is 11.2. The van der Waals surface area contributed by atoms with Crippen LogP contribution in [0, 0.1) is 0 Å². The number of unbranched alkanes of at least 4 members (excludes halogenated alkanes) is 9. The fraction of sp³-hybridized carbons (Fsp3) is 0.667. The van der Waals surface area contributed by atoms with E-state index in [2.05, 4.69) is 10.6 Å². The molecule has 0 amide bonds. The summed E-state index contributed by atoms with van der Waals surface area (Å²) in [6, 6.07) is 0. The Morgan fingerprint density at radius 2 is 0.812 bits per heavy atom. The zero-order valence-corrected chi connectivity index (χ0v) is 19.3. The lowest BCUT2D eigenvalue weighted by Crippen LogP contribution is -2.36. The number of rotatable bonds is 19. The number of hydrogen-bond acceptors (Lipinski definition) is 8. The van der Waals surface area contributed by atoms with Crippen molar-refractivity contribution in [1.29, 1.82) is 0 Å². The van der Waals surface area contributed by atoms with Crippen LogP contribution in [0.5, 0.6) is 11.5 Å². The fourth-order valence-corrected chi connectivity index (χ4v) is 3.72. The minimum atomic E-state index is -0.524. The molecule has 0 aromatic heterocycles. The minimum Gasteiger partial charge on any atom is -0.488 e. The lowest BCUT2D eigenvalue weighted by Gasteiger charge is -2.13. The summed E-state index contributed by atoms with van der Waals surface area (Å²) in [6.07, 6.45) is 11.3. The van der Waals surface area contributed by atoms with Crippen molar-refractivity contribution in [3.63, 3.8) is 0 Å². The first-order chi connectivity index (χ1) is 15.5. The van der Waals surface area contributed by atoms with Crippen LogP contribution in [-0.4, -0.2) is 26.3 Å². The summed E-state index contributed by atoms with van der Waals surface area (Å²) in [5, 5.41) is 6.06. The molecule has 0 aliphatic carbocycles. The molecule has 0 saturated carbocycles. The second kappa shape index (κ2) is 13.7. The van der Waals surface area contributed by atoms with Crippen LogP contribution in [0.4, 0.5) is 11.4 Å². The molecule has 0 aliphatic heterocycles. The van der Waals surface area contributed by atoms with Gasteiger partial charge in [-0.25, -0.2) is 0 Å². The van der Waals surface area contributed by atoms with Crippen LogP contribution in [0.1, 0.15) is 78.1 Å². The van der Waals surface area contributed by atoms with E-state index in [1.54, 1.807) is 13.8 Å². The van der Waals surface area contributed by atoms with Gasteiger partial charge in [0.1, 0.15) is 11.4 Å². The third kappa shape index (κ3) is 6.93. The summed E-state index contributed by atoms with van der Waals surface area (Å²) in [7, 11) is 0. The van der Waals surface area contributed by atoms with Crippen LogP contribution in [0.3, 0.4) is 0 Å². The molecule has 2 aromatic rings. The molecule has 0 spiro atoms. The second-order valence-corrected chi connectivity index (χ2v) is 7.98. The molecule has 0 bridgehead atoms. The highest BCUT2D eigenvalue weighted by atomic mass is 16.5. The second-order valence-electron chi connectivity index (χ2n) is 7.98. The molecule has 178 valence electrons. The molecule has 0 radical (unpaired) electrons. The van der Waals surface area contributed by atoms with Crippen LogP contribution in [-0.2, 0) is 0 Å². The molecule has 8 heteroatoms. The van der Waals surface area contributed by atoms with Crippen molar-refractivity contribution in [3.05, 3.63) is 40.9 Å². The molecule has 0 unspecified atom stereocenters. The SMILES string of the molecule is CCOc1c(NCCCCCCCCCCCCNc2c(OCC)c(=O)c2=O)c(=O)c1=O. The van der Waals surface area contributed by atoms with Gasteiger partial charge in [-0.1, -0.05) is 51.4 Å². The van der Waals surface area contributed by atoms with Gasteiger partial charge in [-0.2, -0.15) is 0 Å². The van der Waals surface area contributed by atoms with Gasteiger partial charge in [0.05, 0.1) is 13.2 Å².